The van der Waals surface area contributed by atoms with E-state index in [-0.39, 0.29) is 11.8 Å². The van der Waals surface area contributed by atoms with Crippen LogP contribution in [0.25, 0.3) is 0 Å². The van der Waals surface area contributed by atoms with E-state index in [2.05, 4.69) is 9.97 Å². The number of amides is 1. The summed E-state index contributed by atoms with van der Waals surface area (Å²) in [5.74, 6) is 2.02. The topological polar surface area (TPSA) is 68.5 Å². The molecule has 1 saturated heterocycles. The summed E-state index contributed by atoms with van der Waals surface area (Å²) in [5, 5.41) is 0.642. The largest absolute Gasteiger partial charge is 0.445 e. The van der Waals surface area contributed by atoms with Crippen LogP contribution in [0.3, 0.4) is 0 Å². The van der Waals surface area contributed by atoms with Crippen molar-refractivity contribution in [3.05, 3.63) is 32.9 Å². The molecular weight excluding hydrogens is 338 g/mol. The lowest BCUT2D eigenvalue weighted by molar-refractivity contribution is 0.0727. The van der Waals surface area contributed by atoms with E-state index < -0.39 is 0 Å². The lowest BCUT2D eigenvalue weighted by atomic mass is 10.0. The van der Waals surface area contributed by atoms with Gasteiger partial charge in [0.15, 0.2) is 10.9 Å². The molecule has 1 amide bonds. The molecule has 0 bridgehead atoms. The van der Waals surface area contributed by atoms with Crippen molar-refractivity contribution in [2.45, 2.75) is 51.0 Å². The lowest BCUT2D eigenvalue weighted by Crippen LogP contribution is -2.35. The molecule has 0 spiro atoms. The van der Waals surface area contributed by atoms with E-state index in [0.29, 0.717) is 24.7 Å². The van der Waals surface area contributed by atoms with Crippen LogP contribution in [0, 0.1) is 0 Å². The van der Waals surface area contributed by atoms with Gasteiger partial charge >= 0.3 is 0 Å². The first-order valence-corrected chi connectivity index (χ1v) is 9.93. The first kappa shape index (κ1) is 15.5. The van der Waals surface area contributed by atoms with Crippen LogP contribution in [-0.2, 0) is 30.5 Å². The van der Waals surface area contributed by atoms with Gasteiger partial charge < -0.3 is 14.1 Å². The Kier molecular flexibility index (Phi) is 3.86. The molecule has 7 heteroatoms. The minimum Gasteiger partial charge on any atom is -0.445 e. The number of carbonyl (C=O) groups excluding carboxylic acids is 1. The average Bonchev–Trinajstić information content (AvgIpc) is 3.38. The van der Waals surface area contributed by atoms with Crippen molar-refractivity contribution in [3.8, 4) is 0 Å². The fraction of sp³-hybridized carbons (Fsp3) is 0.611. The molecule has 2 aromatic heterocycles. The van der Waals surface area contributed by atoms with Crippen LogP contribution in [0.2, 0.25) is 0 Å². The Bertz CT molecular complexity index is 783. The average molecular weight is 359 g/mol. The van der Waals surface area contributed by atoms with E-state index in [4.69, 9.17) is 9.15 Å². The maximum atomic E-state index is 12.9. The zero-order chi connectivity index (χ0) is 16.8. The fourth-order valence-corrected chi connectivity index (χ4v) is 4.99. The molecule has 3 aliphatic rings. The standard InChI is InChI=1S/C18H21N3O3S/c22-18(17-20-12-3-1-2-4-15(12)25-17)21-7-5-14-13(9-21)19-16(24-14)11-6-8-23-10-11/h11H,1-10H2. The van der Waals surface area contributed by atoms with Crippen LogP contribution in [-0.4, -0.2) is 40.5 Å². The summed E-state index contributed by atoms with van der Waals surface area (Å²) >= 11 is 1.58. The summed E-state index contributed by atoms with van der Waals surface area (Å²) in [4.78, 5) is 25.3. The summed E-state index contributed by atoms with van der Waals surface area (Å²) in [7, 11) is 0. The van der Waals surface area contributed by atoms with Gasteiger partial charge in [0.2, 0.25) is 0 Å². The van der Waals surface area contributed by atoms with Crippen LogP contribution >= 0.6 is 11.3 Å². The zero-order valence-corrected chi connectivity index (χ0v) is 14.9. The third kappa shape index (κ3) is 2.79. The molecule has 2 aliphatic heterocycles. The van der Waals surface area contributed by atoms with Gasteiger partial charge in [-0.2, -0.15) is 0 Å². The number of aromatic nitrogens is 2. The second-order valence-electron chi connectivity index (χ2n) is 7.06. The van der Waals surface area contributed by atoms with Gasteiger partial charge in [-0.05, 0) is 32.1 Å². The Labute approximate surface area is 150 Å². The highest BCUT2D eigenvalue weighted by Crippen LogP contribution is 2.31. The fourth-order valence-electron chi connectivity index (χ4n) is 3.87. The molecular formula is C18H21N3O3S. The molecule has 0 saturated carbocycles. The van der Waals surface area contributed by atoms with E-state index in [9.17, 15) is 4.79 Å². The highest BCUT2D eigenvalue weighted by molar-refractivity contribution is 7.13. The van der Waals surface area contributed by atoms with Gasteiger partial charge in [-0.3, -0.25) is 4.79 Å². The molecule has 1 unspecified atom stereocenters. The van der Waals surface area contributed by atoms with Crippen LogP contribution in [0.4, 0.5) is 0 Å². The molecule has 5 rings (SSSR count). The second kappa shape index (κ2) is 6.21. The van der Waals surface area contributed by atoms with Gasteiger partial charge in [0.1, 0.15) is 11.5 Å². The van der Waals surface area contributed by atoms with Crippen molar-refractivity contribution in [2.75, 3.05) is 19.8 Å². The van der Waals surface area contributed by atoms with Crippen LogP contribution < -0.4 is 0 Å². The molecule has 1 fully saturated rings. The lowest BCUT2D eigenvalue weighted by Gasteiger charge is -2.24. The van der Waals surface area contributed by atoms with E-state index in [1.807, 2.05) is 4.90 Å². The van der Waals surface area contributed by atoms with Crippen molar-refractivity contribution in [1.82, 2.24) is 14.9 Å². The van der Waals surface area contributed by atoms with Gasteiger partial charge in [-0.1, -0.05) is 0 Å². The van der Waals surface area contributed by atoms with Crippen molar-refractivity contribution in [3.63, 3.8) is 0 Å². The molecule has 2 aromatic rings. The summed E-state index contributed by atoms with van der Waals surface area (Å²) in [5.41, 5.74) is 2.05. The number of nitrogens with zero attached hydrogens (tertiary/aromatic N) is 3. The summed E-state index contributed by atoms with van der Waals surface area (Å²) in [6.07, 6.45) is 6.17. The van der Waals surface area contributed by atoms with E-state index >= 15 is 0 Å². The number of hydrogen-bond acceptors (Lipinski definition) is 6. The van der Waals surface area contributed by atoms with Crippen LogP contribution in [0.5, 0.6) is 0 Å². The Morgan fingerprint density at radius 2 is 2.08 bits per heavy atom. The highest BCUT2D eigenvalue weighted by atomic mass is 32.1. The minimum atomic E-state index is 0.0406. The number of aryl methyl sites for hydroxylation is 2. The minimum absolute atomic E-state index is 0.0406. The van der Waals surface area contributed by atoms with Gasteiger partial charge in [0.05, 0.1) is 24.8 Å². The SMILES string of the molecule is O=C(c1nc2c(s1)CCCC2)N1CCc2oc(C3CCOC3)nc2C1. The number of hydrogen-bond donors (Lipinski definition) is 0. The summed E-state index contributed by atoms with van der Waals surface area (Å²) < 4.78 is 11.4. The van der Waals surface area contributed by atoms with Crippen LogP contribution in [0.1, 0.15) is 62.9 Å². The number of oxazole rings is 1. The number of rotatable bonds is 2. The highest BCUT2D eigenvalue weighted by Gasteiger charge is 2.31. The van der Waals surface area contributed by atoms with Gasteiger partial charge in [-0.15, -0.1) is 11.3 Å². The first-order valence-electron chi connectivity index (χ1n) is 9.12. The number of fused-ring (bicyclic) bond motifs is 2. The summed E-state index contributed by atoms with van der Waals surface area (Å²) in [6.45, 7) is 2.66. The maximum absolute atomic E-state index is 12.9. The second-order valence-corrected chi connectivity index (χ2v) is 8.14. The Balaban J connectivity index is 1.34. The third-order valence-electron chi connectivity index (χ3n) is 5.34. The van der Waals surface area contributed by atoms with Crippen LogP contribution in [0.15, 0.2) is 4.42 Å². The molecule has 4 heterocycles. The molecule has 6 nitrogen and oxygen atoms in total. The number of carbonyl (C=O) groups is 1. The monoisotopic (exact) mass is 359 g/mol. The molecule has 0 N–H and O–H groups in total. The molecule has 0 radical (unpaired) electrons. The predicted octanol–water partition coefficient (Wildman–Crippen LogP) is 2.71. The first-order chi connectivity index (χ1) is 12.3. The van der Waals surface area contributed by atoms with Gasteiger partial charge in [0, 0.05) is 24.4 Å². The maximum Gasteiger partial charge on any atom is 0.283 e. The van der Waals surface area contributed by atoms with Crippen molar-refractivity contribution >= 4 is 17.2 Å². The predicted molar refractivity (Wildman–Crippen MR) is 91.9 cm³/mol. The van der Waals surface area contributed by atoms with E-state index in [1.165, 1.54) is 17.7 Å². The van der Waals surface area contributed by atoms with E-state index in [0.717, 1.165) is 55.3 Å². The molecule has 1 atom stereocenters. The van der Waals surface area contributed by atoms with E-state index in [1.54, 1.807) is 11.3 Å². The smallest absolute Gasteiger partial charge is 0.283 e. The number of ether oxygens (including phenoxy) is 1. The summed E-state index contributed by atoms with van der Waals surface area (Å²) in [6, 6.07) is 0. The van der Waals surface area contributed by atoms with Crippen molar-refractivity contribution in [2.24, 2.45) is 0 Å². The Morgan fingerprint density at radius 1 is 1.16 bits per heavy atom. The molecule has 25 heavy (non-hydrogen) atoms. The van der Waals surface area contributed by atoms with Crippen molar-refractivity contribution in [1.29, 1.82) is 0 Å². The third-order valence-corrected chi connectivity index (χ3v) is 6.48. The normalized spacial score (nSPS) is 22.7. The Morgan fingerprint density at radius 3 is 2.92 bits per heavy atom. The molecule has 1 aliphatic carbocycles. The Hall–Kier alpha value is -1.73. The molecule has 132 valence electrons. The number of thiazole rings is 1. The quantitative estimate of drug-likeness (QED) is 0.825. The van der Waals surface area contributed by atoms with Gasteiger partial charge in [0.25, 0.3) is 5.91 Å². The van der Waals surface area contributed by atoms with Gasteiger partial charge in [-0.25, -0.2) is 9.97 Å². The zero-order valence-electron chi connectivity index (χ0n) is 14.1. The van der Waals surface area contributed by atoms with Crippen molar-refractivity contribution < 1.29 is 13.9 Å². The molecule has 0 aromatic carbocycles.